The largest absolute Gasteiger partial charge is 0.380 e. The molecule has 3 nitrogen and oxygen atoms in total. The number of halogens is 3. The third-order valence-corrected chi connectivity index (χ3v) is 4.27. The third-order valence-electron chi connectivity index (χ3n) is 2.83. The second-order valence-corrected chi connectivity index (χ2v) is 6.94. The summed E-state index contributed by atoms with van der Waals surface area (Å²) in [6.07, 6.45) is 1.09. The van der Waals surface area contributed by atoms with Gasteiger partial charge in [0.25, 0.3) is 0 Å². The van der Waals surface area contributed by atoms with Gasteiger partial charge in [0.15, 0.2) is 21.5 Å². The minimum Gasteiger partial charge on any atom is -0.380 e. The van der Waals surface area contributed by atoms with Crippen LogP contribution in [0.25, 0.3) is 0 Å². The van der Waals surface area contributed by atoms with Crippen molar-refractivity contribution in [2.45, 2.75) is 11.4 Å². The SMILES string of the molecule is CS(=O)(=O)c1ccc(Cl)c(NCc2ccc(F)c(F)c2)c1. The van der Waals surface area contributed by atoms with Crippen LogP contribution in [0.15, 0.2) is 41.3 Å². The van der Waals surface area contributed by atoms with E-state index in [1.54, 1.807) is 0 Å². The second kappa shape index (κ2) is 5.99. The molecule has 0 unspecified atom stereocenters. The summed E-state index contributed by atoms with van der Waals surface area (Å²) in [6, 6.07) is 7.79. The van der Waals surface area contributed by atoms with Gasteiger partial charge in [-0.05, 0) is 35.9 Å². The summed E-state index contributed by atoms with van der Waals surface area (Å²) >= 11 is 5.98. The average molecular weight is 332 g/mol. The molecule has 0 saturated heterocycles. The molecule has 7 heteroatoms. The highest BCUT2D eigenvalue weighted by molar-refractivity contribution is 7.90. The van der Waals surface area contributed by atoms with Gasteiger partial charge in [-0.3, -0.25) is 0 Å². The van der Waals surface area contributed by atoms with E-state index in [1.165, 1.54) is 24.3 Å². The quantitative estimate of drug-likeness (QED) is 0.930. The number of hydrogen-bond acceptors (Lipinski definition) is 3. The summed E-state index contributed by atoms with van der Waals surface area (Å²) < 4.78 is 48.9. The first-order valence-corrected chi connectivity index (χ1v) is 8.22. The Hall–Kier alpha value is -1.66. The van der Waals surface area contributed by atoms with Crippen molar-refractivity contribution in [2.24, 2.45) is 0 Å². The molecule has 2 rings (SSSR count). The molecule has 0 aromatic heterocycles. The lowest BCUT2D eigenvalue weighted by Crippen LogP contribution is -2.03. The van der Waals surface area contributed by atoms with E-state index in [-0.39, 0.29) is 11.4 Å². The van der Waals surface area contributed by atoms with E-state index >= 15 is 0 Å². The zero-order valence-corrected chi connectivity index (χ0v) is 12.6. The molecule has 0 bridgehead atoms. The molecule has 112 valence electrons. The highest BCUT2D eigenvalue weighted by atomic mass is 35.5. The predicted molar refractivity (Wildman–Crippen MR) is 78.2 cm³/mol. The number of sulfone groups is 1. The van der Waals surface area contributed by atoms with Crippen LogP contribution in [0.4, 0.5) is 14.5 Å². The maximum absolute atomic E-state index is 13.1. The van der Waals surface area contributed by atoms with Gasteiger partial charge in [-0.15, -0.1) is 0 Å². The summed E-state index contributed by atoms with van der Waals surface area (Å²) in [5.41, 5.74) is 0.916. The van der Waals surface area contributed by atoms with Crippen molar-refractivity contribution in [1.82, 2.24) is 0 Å². The molecule has 1 N–H and O–H groups in total. The van der Waals surface area contributed by atoms with Crippen molar-refractivity contribution in [3.05, 3.63) is 58.6 Å². The fourth-order valence-corrected chi connectivity index (χ4v) is 2.55. The van der Waals surface area contributed by atoms with E-state index < -0.39 is 21.5 Å². The fraction of sp³-hybridized carbons (Fsp3) is 0.143. The van der Waals surface area contributed by atoms with Gasteiger partial charge in [0.05, 0.1) is 15.6 Å². The van der Waals surface area contributed by atoms with E-state index in [0.29, 0.717) is 16.3 Å². The van der Waals surface area contributed by atoms with Crippen molar-refractivity contribution in [2.75, 3.05) is 11.6 Å². The molecule has 0 spiro atoms. The Kier molecular flexibility index (Phi) is 4.49. The van der Waals surface area contributed by atoms with Crippen LogP contribution in [0.1, 0.15) is 5.56 Å². The van der Waals surface area contributed by atoms with Crippen LogP contribution in [0.2, 0.25) is 5.02 Å². The van der Waals surface area contributed by atoms with Crippen molar-refractivity contribution in [1.29, 1.82) is 0 Å². The maximum atomic E-state index is 13.1. The van der Waals surface area contributed by atoms with Crippen LogP contribution >= 0.6 is 11.6 Å². The van der Waals surface area contributed by atoms with Crippen LogP contribution in [0.3, 0.4) is 0 Å². The Labute approximate surface area is 126 Å². The van der Waals surface area contributed by atoms with Crippen molar-refractivity contribution in [3.8, 4) is 0 Å². The van der Waals surface area contributed by atoms with Gasteiger partial charge in [-0.25, -0.2) is 17.2 Å². The number of rotatable bonds is 4. The molecule has 0 heterocycles. The van der Waals surface area contributed by atoms with Crippen molar-refractivity contribution in [3.63, 3.8) is 0 Å². The molecule has 0 atom stereocenters. The molecule has 0 radical (unpaired) electrons. The van der Waals surface area contributed by atoms with Crippen LogP contribution in [0.5, 0.6) is 0 Å². The molecule has 2 aromatic rings. The lowest BCUT2D eigenvalue weighted by atomic mass is 10.2. The molecule has 0 aliphatic rings. The number of hydrogen-bond donors (Lipinski definition) is 1. The Balaban J connectivity index is 2.21. The summed E-state index contributed by atoms with van der Waals surface area (Å²) in [5, 5.41) is 3.24. The Morgan fingerprint density at radius 2 is 1.81 bits per heavy atom. The van der Waals surface area contributed by atoms with Crippen molar-refractivity contribution < 1.29 is 17.2 Å². The van der Waals surface area contributed by atoms with Gasteiger partial charge in [0.1, 0.15) is 0 Å². The minimum atomic E-state index is -3.35. The summed E-state index contributed by atoms with van der Waals surface area (Å²) in [6.45, 7) is 0.185. The summed E-state index contributed by atoms with van der Waals surface area (Å²) in [4.78, 5) is 0.125. The van der Waals surface area contributed by atoms with Gasteiger partial charge >= 0.3 is 0 Å². The van der Waals surface area contributed by atoms with Crippen LogP contribution < -0.4 is 5.32 Å². The highest BCUT2D eigenvalue weighted by Crippen LogP contribution is 2.26. The molecule has 0 fully saturated rings. The standard InChI is InChI=1S/C14H12ClF2NO2S/c1-21(19,20)10-3-4-11(15)14(7-10)18-8-9-2-5-12(16)13(17)6-9/h2-7,18H,8H2,1H3. The van der Waals surface area contributed by atoms with Gasteiger partial charge < -0.3 is 5.32 Å². The number of benzene rings is 2. The van der Waals surface area contributed by atoms with Crippen LogP contribution in [-0.2, 0) is 16.4 Å². The fourth-order valence-electron chi connectivity index (χ4n) is 1.72. The highest BCUT2D eigenvalue weighted by Gasteiger charge is 2.10. The Morgan fingerprint density at radius 1 is 1.10 bits per heavy atom. The normalized spacial score (nSPS) is 11.4. The average Bonchev–Trinajstić information content (AvgIpc) is 2.40. The summed E-state index contributed by atoms with van der Waals surface area (Å²) in [5.74, 6) is -1.86. The van der Waals surface area contributed by atoms with Gasteiger partial charge in [0, 0.05) is 12.8 Å². The first kappa shape index (κ1) is 15.7. The van der Waals surface area contributed by atoms with Crippen LogP contribution in [0, 0.1) is 11.6 Å². The third kappa shape index (κ3) is 3.92. The zero-order chi connectivity index (χ0) is 15.6. The first-order chi connectivity index (χ1) is 9.77. The molecular formula is C14H12ClF2NO2S. The Bertz CT molecular complexity index is 779. The number of anilines is 1. The first-order valence-electron chi connectivity index (χ1n) is 5.95. The van der Waals surface area contributed by atoms with Gasteiger partial charge in [-0.1, -0.05) is 17.7 Å². The van der Waals surface area contributed by atoms with Gasteiger partial charge in [0.2, 0.25) is 0 Å². The minimum absolute atomic E-state index is 0.125. The lowest BCUT2D eigenvalue weighted by molar-refractivity contribution is 0.507. The zero-order valence-electron chi connectivity index (χ0n) is 11.0. The molecule has 0 aliphatic carbocycles. The lowest BCUT2D eigenvalue weighted by Gasteiger charge is -2.10. The molecule has 21 heavy (non-hydrogen) atoms. The molecule has 2 aromatic carbocycles. The van der Waals surface area contributed by atoms with Crippen LogP contribution in [-0.4, -0.2) is 14.7 Å². The maximum Gasteiger partial charge on any atom is 0.175 e. The van der Waals surface area contributed by atoms with E-state index in [9.17, 15) is 17.2 Å². The van der Waals surface area contributed by atoms with E-state index in [0.717, 1.165) is 18.4 Å². The monoisotopic (exact) mass is 331 g/mol. The molecule has 0 saturated carbocycles. The topological polar surface area (TPSA) is 46.2 Å². The second-order valence-electron chi connectivity index (χ2n) is 4.52. The van der Waals surface area contributed by atoms with E-state index in [1.807, 2.05) is 0 Å². The van der Waals surface area contributed by atoms with Crippen molar-refractivity contribution >= 4 is 27.1 Å². The predicted octanol–water partition coefficient (Wildman–Crippen LogP) is 3.63. The Morgan fingerprint density at radius 3 is 2.43 bits per heavy atom. The van der Waals surface area contributed by atoms with Gasteiger partial charge in [-0.2, -0.15) is 0 Å². The van der Waals surface area contributed by atoms with E-state index in [4.69, 9.17) is 11.6 Å². The molecule has 0 aliphatic heterocycles. The molecular weight excluding hydrogens is 320 g/mol. The smallest absolute Gasteiger partial charge is 0.175 e. The number of nitrogens with one attached hydrogen (secondary N) is 1. The van der Waals surface area contributed by atoms with E-state index in [2.05, 4.69) is 5.32 Å². The molecule has 0 amide bonds. The summed E-state index contributed by atoms with van der Waals surface area (Å²) in [7, 11) is -3.35.